The van der Waals surface area contributed by atoms with E-state index in [0.29, 0.717) is 9.92 Å². The van der Waals surface area contributed by atoms with Crippen LogP contribution < -0.4 is 0 Å². The number of thioether (sulfide) groups is 1. The van der Waals surface area contributed by atoms with Crippen molar-refractivity contribution in [1.82, 2.24) is 15.0 Å². The molecule has 4 rings (SSSR count). The summed E-state index contributed by atoms with van der Waals surface area (Å²) in [4.78, 5) is 0.685. The average molecular weight is 488 g/mol. The minimum atomic E-state index is -1.61. The van der Waals surface area contributed by atoms with E-state index in [1.54, 1.807) is 24.3 Å². The standard InChI is InChI=1S/C20H17ClF3N3O4S/c21-10-2-1-3-11(6-10)32-20-19(30)17(18(29)15(8-28)31-20)27-7-14(25-26-27)9-4-12(22)16(24)13(23)5-9/h1-7,15,17-20,28-30H,8H2/t15?,17?,18-,19-,20+/m0/s1. The van der Waals surface area contributed by atoms with E-state index >= 15 is 0 Å². The zero-order valence-electron chi connectivity index (χ0n) is 16.1. The molecule has 0 bridgehead atoms. The van der Waals surface area contributed by atoms with Gasteiger partial charge in [-0.3, -0.25) is 0 Å². The fraction of sp³-hybridized carbons (Fsp3) is 0.300. The van der Waals surface area contributed by atoms with Gasteiger partial charge in [-0.15, -0.1) is 5.10 Å². The van der Waals surface area contributed by atoms with Gasteiger partial charge >= 0.3 is 0 Å². The van der Waals surface area contributed by atoms with Gasteiger partial charge in [-0.25, -0.2) is 17.9 Å². The molecular weight excluding hydrogens is 471 g/mol. The van der Waals surface area contributed by atoms with Crippen LogP contribution in [0.15, 0.2) is 47.5 Å². The van der Waals surface area contributed by atoms with Gasteiger partial charge in [0.15, 0.2) is 17.5 Å². The molecule has 2 aromatic carbocycles. The zero-order chi connectivity index (χ0) is 23.0. The van der Waals surface area contributed by atoms with Crippen LogP contribution in [0.5, 0.6) is 0 Å². The van der Waals surface area contributed by atoms with Crippen molar-refractivity contribution in [2.24, 2.45) is 0 Å². The van der Waals surface area contributed by atoms with Gasteiger partial charge in [-0.05, 0) is 30.3 Å². The Bertz CT molecular complexity index is 1100. The Morgan fingerprint density at radius 1 is 1.09 bits per heavy atom. The molecule has 1 fully saturated rings. The summed E-state index contributed by atoms with van der Waals surface area (Å²) >= 11 is 7.13. The van der Waals surface area contributed by atoms with Gasteiger partial charge in [0.05, 0.1) is 12.8 Å². The van der Waals surface area contributed by atoms with Crippen molar-refractivity contribution in [3.05, 3.63) is 65.1 Å². The Labute approximate surface area is 189 Å². The minimum Gasteiger partial charge on any atom is -0.394 e. The van der Waals surface area contributed by atoms with Crippen molar-refractivity contribution in [1.29, 1.82) is 0 Å². The second kappa shape index (κ2) is 9.38. The minimum absolute atomic E-state index is 0.00622. The van der Waals surface area contributed by atoms with Crippen LogP contribution in [-0.2, 0) is 4.74 Å². The molecule has 5 atom stereocenters. The lowest BCUT2D eigenvalue weighted by atomic mass is 9.97. The molecule has 7 nitrogen and oxygen atoms in total. The molecule has 1 aliphatic rings. The Kier molecular flexibility index (Phi) is 6.75. The fourth-order valence-corrected chi connectivity index (χ4v) is 4.78. The highest BCUT2D eigenvalue weighted by Crippen LogP contribution is 2.38. The largest absolute Gasteiger partial charge is 0.394 e. The van der Waals surface area contributed by atoms with Gasteiger partial charge in [0.1, 0.15) is 35.5 Å². The van der Waals surface area contributed by atoms with E-state index in [2.05, 4.69) is 10.3 Å². The van der Waals surface area contributed by atoms with Gasteiger partial charge in [0.25, 0.3) is 0 Å². The molecule has 0 radical (unpaired) electrons. The lowest BCUT2D eigenvalue weighted by Gasteiger charge is -2.41. The monoisotopic (exact) mass is 487 g/mol. The molecule has 2 unspecified atom stereocenters. The molecule has 32 heavy (non-hydrogen) atoms. The Balaban J connectivity index is 1.64. The quantitative estimate of drug-likeness (QED) is 0.476. The molecule has 3 aromatic rings. The Morgan fingerprint density at radius 3 is 2.47 bits per heavy atom. The topological polar surface area (TPSA) is 101 Å². The summed E-state index contributed by atoms with van der Waals surface area (Å²) < 4.78 is 47.2. The van der Waals surface area contributed by atoms with Crippen molar-refractivity contribution in [2.45, 2.75) is 34.7 Å². The summed E-state index contributed by atoms with van der Waals surface area (Å²) in [5.74, 6) is -4.39. The molecule has 1 saturated heterocycles. The van der Waals surface area contributed by atoms with E-state index < -0.39 is 53.8 Å². The SMILES string of the molecule is OCC1O[C@H](Sc2cccc(Cl)c2)[C@@H](O)C(n2cc(-c3cc(F)c(F)c(F)c3)nn2)[C@H]1O. The maximum Gasteiger partial charge on any atom is 0.194 e. The number of aromatic nitrogens is 3. The third-order valence-corrected chi connectivity index (χ3v) is 6.38. The highest BCUT2D eigenvalue weighted by molar-refractivity contribution is 7.99. The first-order chi connectivity index (χ1) is 15.3. The first-order valence-corrected chi connectivity index (χ1v) is 10.7. The third-order valence-electron chi connectivity index (χ3n) is 4.99. The number of hydrogen-bond acceptors (Lipinski definition) is 7. The van der Waals surface area contributed by atoms with Crippen LogP contribution in [0.1, 0.15) is 6.04 Å². The van der Waals surface area contributed by atoms with E-state index in [-0.39, 0.29) is 11.3 Å². The van der Waals surface area contributed by atoms with E-state index in [1.165, 1.54) is 6.20 Å². The summed E-state index contributed by atoms with van der Waals surface area (Å²) in [5.41, 5.74) is -0.993. The van der Waals surface area contributed by atoms with Crippen molar-refractivity contribution in [3.8, 4) is 11.3 Å². The van der Waals surface area contributed by atoms with Crippen molar-refractivity contribution in [2.75, 3.05) is 6.61 Å². The third kappa shape index (κ3) is 4.49. The first-order valence-electron chi connectivity index (χ1n) is 9.40. The number of benzene rings is 2. The van der Waals surface area contributed by atoms with Crippen LogP contribution in [0, 0.1) is 17.5 Å². The highest BCUT2D eigenvalue weighted by atomic mass is 35.5. The van der Waals surface area contributed by atoms with E-state index in [4.69, 9.17) is 16.3 Å². The molecule has 1 aromatic heterocycles. The number of aliphatic hydroxyl groups excluding tert-OH is 3. The lowest BCUT2D eigenvalue weighted by molar-refractivity contribution is -0.178. The molecule has 0 aliphatic carbocycles. The predicted octanol–water partition coefficient (Wildman–Crippen LogP) is 2.79. The van der Waals surface area contributed by atoms with E-state index in [1.807, 2.05) is 0 Å². The molecule has 2 heterocycles. The molecule has 170 valence electrons. The smallest absolute Gasteiger partial charge is 0.194 e. The Morgan fingerprint density at radius 2 is 1.81 bits per heavy atom. The summed E-state index contributed by atoms with van der Waals surface area (Å²) in [6, 6.07) is 7.25. The molecule has 0 spiro atoms. The van der Waals surface area contributed by atoms with Crippen molar-refractivity contribution in [3.63, 3.8) is 0 Å². The normalized spacial score (nSPS) is 25.8. The second-order valence-corrected chi connectivity index (χ2v) is 8.72. The van der Waals surface area contributed by atoms with Gasteiger partial charge < -0.3 is 20.1 Å². The first kappa shape index (κ1) is 23.0. The zero-order valence-corrected chi connectivity index (χ0v) is 17.7. The van der Waals surface area contributed by atoms with Crippen molar-refractivity contribution >= 4 is 23.4 Å². The number of halogens is 4. The van der Waals surface area contributed by atoms with Gasteiger partial charge in [-0.2, -0.15) is 0 Å². The molecule has 12 heteroatoms. The van der Waals surface area contributed by atoms with Gasteiger partial charge in [-0.1, -0.05) is 34.6 Å². The molecule has 0 saturated carbocycles. The number of hydrogen-bond donors (Lipinski definition) is 3. The maximum absolute atomic E-state index is 13.6. The maximum atomic E-state index is 13.6. The average Bonchev–Trinajstić information content (AvgIpc) is 3.23. The molecular formula is C20H17ClF3N3O4S. The Hall–Kier alpha value is -2.15. The fourth-order valence-electron chi connectivity index (χ4n) is 3.41. The van der Waals surface area contributed by atoms with Crippen LogP contribution in [-0.4, -0.2) is 60.7 Å². The van der Waals surface area contributed by atoms with Crippen molar-refractivity contribution < 1.29 is 33.2 Å². The van der Waals surface area contributed by atoms with Gasteiger partial charge in [0.2, 0.25) is 0 Å². The number of ether oxygens (including phenoxy) is 1. The number of aliphatic hydroxyl groups is 3. The van der Waals surface area contributed by atoms with E-state index in [0.717, 1.165) is 28.6 Å². The van der Waals surface area contributed by atoms with Crippen LogP contribution >= 0.6 is 23.4 Å². The highest BCUT2D eigenvalue weighted by Gasteiger charge is 2.46. The molecule has 0 amide bonds. The lowest BCUT2D eigenvalue weighted by Crippen LogP contribution is -2.55. The summed E-state index contributed by atoms with van der Waals surface area (Å²) in [7, 11) is 0. The molecule has 3 N–H and O–H groups in total. The predicted molar refractivity (Wildman–Crippen MR) is 109 cm³/mol. The van der Waals surface area contributed by atoms with Crippen LogP contribution in [0.25, 0.3) is 11.3 Å². The second-order valence-electron chi connectivity index (χ2n) is 7.11. The van der Waals surface area contributed by atoms with Crippen LogP contribution in [0.3, 0.4) is 0 Å². The number of rotatable bonds is 5. The number of nitrogens with zero attached hydrogens (tertiary/aromatic N) is 3. The van der Waals surface area contributed by atoms with Gasteiger partial charge in [0, 0.05) is 15.5 Å². The van der Waals surface area contributed by atoms with Crippen LogP contribution in [0.4, 0.5) is 13.2 Å². The van der Waals surface area contributed by atoms with Crippen LogP contribution in [0.2, 0.25) is 5.02 Å². The summed E-state index contributed by atoms with van der Waals surface area (Å²) in [5, 5.41) is 39.4. The summed E-state index contributed by atoms with van der Waals surface area (Å²) in [6.07, 6.45) is -2.48. The summed E-state index contributed by atoms with van der Waals surface area (Å²) in [6.45, 7) is -0.535. The van der Waals surface area contributed by atoms with E-state index in [9.17, 15) is 28.5 Å². The molecule has 1 aliphatic heterocycles.